The number of aryl methyl sites for hydroxylation is 1. The van der Waals surface area contributed by atoms with Gasteiger partial charge in [0.05, 0.1) is 6.04 Å². The van der Waals surface area contributed by atoms with Crippen molar-refractivity contribution < 1.29 is 10.0 Å². The van der Waals surface area contributed by atoms with Gasteiger partial charge in [0.1, 0.15) is 5.69 Å². The minimum Gasteiger partial charge on any atom is -0.409 e. The van der Waals surface area contributed by atoms with Gasteiger partial charge in [-0.2, -0.15) is 5.10 Å². The lowest BCUT2D eigenvalue weighted by molar-refractivity contribution is 0.0670. The van der Waals surface area contributed by atoms with Gasteiger partial charge in [-0.3, -0.25) is 9.48 Å². The summed E-state index contributed by atoms with van der Waals surface area (Å²) in [5.74, 6) is -0.0918. The standard InChI is InChI=1S/C11H17N5O2/c1-15-7-5-8(13-15)11(17)16-6-3-2-4-9(16)10(12)14-18/h5,7,9,18H,2-4,6H2,1H3,(H2,12,14). The van der Waals surface area contributed by atoms with Crippen LogP contribution in [0, 0.1) is 0 Å². The van der Waals surface area contributed by atoms with Crippen molar-refractivity contribution in [2.75, 3.05) is 6.54 Å². The maximum Gasteiger partial charge on any atom is 0.274 e. The van der Waals surface area contributed by atoms with Gasteiger partial charge in [-0.1, -0.05) is 5.16 Å². The monoisotopic (exact) mass is 251 g/mol. The van der Waals surface area contributed by atoms with Crippen LogP contribution in [0.5, 0.6) is 0 Å². The molecule has 1 aromatic heterocycles. The molecule has 0 bridgehead atoms. The quantitative estimate of drug-likeness (QED) is 0.338. The van der Waals surface area contributed by atoms with Crippen LogP contribution in [0.4, 0.5) is 0 Å². The van der Waals surface area contributed by atoms with Gasteiger partial charge in [0.15, 0.2) is 5.84 Å². The van der Waals surface area contributed by atoms with Crippen LogP contribution in [0.2, 0.25) is 0 Å². The number of oxime groups is 1. The van der Waals surface area contributed by atoms with E-state index in [1.165, 1.54) is 0 Å². The summed E-state index contributed by atoms with van der Waals surface area (Å²) in [6.07, 6.45) is 4.32. The lowest BCUT2D eigenvalue weighted by atomic mass is 10.0. The first-order valence-electron chi connectivity index (χ1n) is 5.91. The van der Waals surface area contributed by atoms with Crippen LogP contribution in [0.1, 0.15) is 29.8 Å². The lowest BCUT2D eigenvalue weighted by Crippen LogP contribution is -2.50. The molecule has 1 aromatic rings. The Morgan fingerprint density at radius 3 is 3.00 bits per heavy atom. The van der Waals surface area contributed by atoms with Crippen molar-refractivity contribution in [3.8, 4) is 0 Å². The molecule has 0 spiro atoms. The summed E-state index contributed by atoms with van der Waals surface area (Å²) in [5.41, 5.74) is 6.02. The minimum absolute atomic E-state index is 0.0824. The molecule has 7 nitrogen and oxygen atoms in total. The molecule has 1 fully saturated rings. The number of nitrogens with two attached hydrogens (primary N) is 1. The van der Waals surface area contributed by atoms with Crippen LogP contribution in [-0.2, 0) is 7.05 Å². The highest BCUT2D eigenvalue weighted by Crippen LogP contribution is 2.19. The topological polar surface area (TPSA) is 96.7 Å². The second-order valence-corrected chi connectivity index (χ2v) is 4.41. The molecule has 1 atom stereocenters. The predicted molar refractivity (Wildman–Crippen MR) is 65.3 cm³/mol. The number of likely N-dealkylation sites (tertiary alicyclic amines) is 1. The van der Waals surface area contributed by atoms with Crippen molar-refractivity contribution >= 4 is 11.7 Å². The van der Waals surface area contributed by atoms with Gasteiger partial charge in [0, 0.05) is 19.8 Å². The molecule has 1 saturated heterocycles. The van der Waals surface area contributed by atoms with E-state index in [4.69, 9.17) is 10.9 Å². The molecule has 18 heavy (non-hydrogen) atoms. The van der Waals surface area contributed by atoms with Gasteiger partial charge in [0.25, 0.3) is 5.91 Å². The molecule has 98 valence electrons. The summed E-state index contributed by atoms with van der Waals surface area (Å²) in [7, 11) is 1.76. The second-order valence-electron chi connectivity index (χ2n) is 4.41. The van der Waals surface area contributed by atoms with E-state index < -0.39 is 0 Å². The SMILES string of the molecule is Cn1ccc(C(=O)N2CCCCC2/C(N)=N/O)n1. The van der Waals surface area contributed by atoms with Crippen LogP contribution in [0.25, 0.3) is 0 Å². The van der Waals surface area contributed by atoms with Gasteiger partial charge in [-0.05, 0) is 25.3 Å². The average Bonchev–Trinajstić information content (AvgIpc) is 2.83. The normalized spacial score (nSPS) is 21.1. The highest BCUT2D eigenvalue weighted by molar-refractivity contribution is 5.97. The van der Waals surface area contributed by atoms with Crippen LogP contribution < -0.4 is 5.73 Å². The number of amidine groups is 1. The molecule has 0 aliphatic carbocycles. The zero-order valence-corrected chi connectivity index (χ0v) is 10.3. The van der Waals surface area contributed by atoms with E-state index in [9.17, 15) is 4.79 Å². The Kier molecular flexibility index (Phi) is 3.50. The molecule has 2 heterocycles. The van der Waals surface area contributed by atoms with Crippen LogP contribution >= 0.6 is 0 Å². The third kappa shape index (κ3) is 2.29. The fourth-order valence-corrected chi connectivity index (χ4v) is 2.23. The fraction of sp³-hybridized carbons (Fsp3) is 0.545. The van der Waals surface area contributed by atoms with Crippen LogP contribution in [0.15, 0.2) is 17.4 Å². The Labute approximate surface area is 105 Å². The molecule has 0 radical (unpaired) electrons. The van der Waals surface area contributed by atoms with Crippen molar-refractivity contribution in [3.63, 3.8) is 0 Å². The van der Waals surface area contributed by atoms with Crippen molar-refractivity contribution in [2.24, 2.45) is 17.9 Å². The molecular formula is C11H17N5O2. The number of rotatable bonds is 2. The Morgan fingerprint density at radius 1 is 1.61 bits per heavy atom. The average molecular weight is 251 g/mol. The first kappa shape index (κ1) is 12.4. The van der Waals surface area contributed by atoms with E-state index in [0.29, 0.717) is 18.7 Å². The Hall–Kier alpha value is -2.05. The van der Waals surface area contributed by atoms with Crippen molar-refractivity contribution in [3.05, 3.63) is 18.0 Å². The molecule has 3 N–H and O–H groups in total. The molecule has 0 saturated carbocycles. The molecule has 0 aromatic carbocycles. The number of nitrogens with zero attached hydrogens (tertiary/aromatic N) is 4. The van der Waals surface area contributed by atoms with E-state index in [2.05, 4.69) is 10.3 Å². The smallest absolute Gasteiger partial charge is 0.274 e. The summed E-state index contributed by atoms with van der Waals surface area (Å²) < 4.78 is 1.58. The van der Waals surface area contributed by atoms with E-state index >= 15 is 0 Å². The first-order chi connectivity index (χ1) is 8.63. The highest BCUT2D eigenvalue weighted by Gasteiger charge is 2.31. The zero-order valence-electron chi connectivity index (χ0n) is 10.3. The number of aromatic nitrogens is 2. The number of carbonyl (C=O) groups is 1. The predicted octanol–water partition coefficient (Wildman–Crippen LogP) is 0.161. The van der Waals surface area contributed by atoms with Gasteiger partial charge in [-0.15, -0.1) is 0 Å². The van der Waals surface area contributed by atoms with Gasteiger partial charge in [0.2, 0.25) is 0 Å². The summed E-state index contributed by atoms with van der Waals surface area (Å²) in [6.45, 7) is 0.607. The molecular weight excluding hydrogens is 234 g/mol. The second kappa shape index (κ2) is 5.07. The molecule has 1 aliphatic heterocycles. The van der Waals surface area contributed by atoms with Gasteiger partial charge in [-0.25, -0.2) is 0 Å². The summed E-state index contributed by atoms with van der Waals surface area (Å²) in [5, 5.41) is 15.9. The fourth-order valence-electron chi connectivity index (χ4n) is 2.23. The van der Waals surface area contributed by atoms with Crippen molar-refractivity contribution in [1.29, 1.82) is 0 Å². The van der Waals surface area contributed by atoms with Gasteiger partial charge < -0.3 is 15.8 Å². The number of hydrogen-bond acceptors (Lipinski definition) is 4. The zero-order chi connectivity index (χ0) is 13.1. The molecule has 1 aliphatic rings. The van der Waals surface area contributed by atoms with Gasteiger partial charge >= 0.3 is 0 Å². The number of amides is 1. The maximum atomic E-state index is 12.3. The van der Waals surface area contributed by atoms with E-state index in [1.807, 2.05) is 0 Å². The Balaban J connectivity index is 2.21. The largest absolute Gasteiger partial charge is 0.409 e. The lowest BCUT2D eigenvalue weighted by Gasteiger charge is -2.34. The minimum atomic E-state index is -0.335. The molecule has 1 unspecified atom stereocenters. The molecule has 1 amide bonds. The summed E-state index contributed by atoms with van der Waals surface area (Å²) in [4.78, 5) is 13.9. The number of carbonyl (C=O) groups excluding carboxylic acids is 1. The van der Waals surface area contributed by atoms with Crippen molar-refractivity contribution in [2.45, 2.75) is 25.3 Å². The summed E-state index contributed by atoms with van der Waals surface area (Å²) in [6, 6.07) is 1.33. The first-order valence-corrected chi connectivity index (χ1v) is 5.91. The highest BCUT2D eigenvalue weighted by atomic mass is 16.4. The molecule has 7 heteroatoms. The number of hydrogen-bond donors (Lipinski definition) is 2. The summed E-state index contributed by atoms with van der Waals surface area (Å²) >= 11 is 0. The Bertz CT molecular complexity index is 468. The van der Waals surface area contributed by atoms with Crippen LogP contribution in [-0.4, -0.2) is 44.2 Å². The van der Waals surface area contributed by atoms with E-state index in [-0.39, 0.29) is 17.8 Å². The van der Waals surface area contributed by atoms with Crippen LogP contribution in [0.3, 0.4) is 0 Å². The molecule has 2 rings (SSSR count). The van der Waals surface area contributed by atoms with Crippen molar-refractivity contribution in [1.82, 2.24) is 14.7 Å². The third-order valence-corrected chi connectivity index (χ3v) is 3.15. The maximum absolute atomic E-state index is 12.3. The van der Waals surface area contributed by atoms with E-state index in [0.717, 1.165) is 12.8 Å². The third-order valence-electron chi connectivity index (χ3n) is 3.15. The number of piperidine rings is 1. The Morgan fingerprint density at radius 2 is 2.39 bits per heavy atom. The van der Waals surface area contributed by atoms with E-state index in [1.54, 1.807) is 28.9 Å².